The molecule has 2 saturated heterocycles. The SMILES string of the molecule is O=C1CC(c2ccccc2)CN1CC(=O)N1CCOC2(CCCC2)C1. The first-order chi connectivity index (χ1) is 12.2. The van der Waals surface area contributed by atoms with E-state index >= 15 is 0 Å². The lowest BCUT2D eigenvalue weighted by Gasteiger charge is -2.41. The highest BCUT2D eigenvalue weighted by Gasteiger charge is 2.41. The third-order valence-electron chi connectivity index (χ3n) is 5.93. The van der Waals surface area contributed by atoms with Gasteiger partial charge in [-0.15, -0.1) is 0 Å². The van der Waals surface area contributed by atoms with Crippen LogP contribution in [0.5, 0.6) is 0 Å². The summed E-state index contributed by atoms with van der Waals surface area (Å²) >= 11 is 0. The molecule has 1 aromatic carbocycles. The van der Waals surface area contributed by atoms with E-state index in [1.165, 1.54) is 18.4 Å². The van der Waals surface area contributed by atoms with E-state index in [-0.39, 0.29) is 29.9 Å². The van der Waals surface area contributed by atoms with Crippen LogP contribution in [0.2, 0.25) is 0 Å². The maximum atomic E-state index is 12.8. The third kappa shape index (κ3) is 3.43. The Morgan fingerprint density at radius 3 is 2.72 bits per heavy atom. The van der Waals surface area contributed by atoms with E-state index in [0.717, 1.165) is 12.8 Å². The van der Waals surface area contributed by atoms with Crippen LogP contribution in [0.4, 0.5) is 0 Å². The fourth-order valence-electron chi connectivity index (χ4n) is 4.52. The molecular weight excluding hydrogens is 316 g/mol. The van der Waals surface area contributed by atoms with Gasteiger partial charge in [0, 0.05) is 32.0 Å². The second-order valence-electron chi connectivity index (χ2n) is 7.64. The molecule has 5 heteroatoms. The first-order valence-corrected chi connectivity index (χ1v) is 9.40. The largest absolute Gasteiger partial charge is 0.371 e. The number of ether oxygens (including phenoxy) is 1. The fraction of sp³-hybridized carbons (Fsp3) is 0.600. The summed E-state index contributed by atoms with van der Waals surface area (Å²) in [7, 11) is 0. The van der Waals surface area contributed by atoms with E-state index in [1.54, 1.807) is 4.90 Å². The van der Waals surface area contributed by atoms with Crippen LogP contribution < -0.4 is 0 Å². The van der Waals surface area contributed by atoms with Crippen LogP contribution in [-0.2, 0) is 14.3 Å². The number of rotatable bonds is 3. The summed E-state index contributed by atoms with van der Waals surface area (Å²) in [6.45, 7) is 2.80. The van der Waals surface area contributed by atoms with E-state index in [9.17, 15) is 9.59 Å². The summed E-state index contributed by atoms with van der Waals surface area (Å²) in [6, 6.07) is 10.1. The molecule has 1 spiro atoms. The van der Waals surface area contributed by atoms with Crippen molar-refractivity contribution in [2.75, 3.05) is 32.8 Å². The Labute approximate surface area is 148 Å². The zero-order valence-corrected chi connectivity index (χ0v) is 14.7. The van der Waals surface area contributed by atoms with Crippen molar-refractivity contribution in [3.05, 3.63) is 35.9 Å². The van der Waals surface area contributed by atoms with Crippen molar-refractivity contribution in [1.82, 2.24) is 9.80 Å². The molecule has 0 aromatic heterocycles. The number of carbonyl (C=O) groups excluding carboxylic acids is 2. The molecule has 1 saturated carbocycles. The van der Waals surface area contributed by atoms with Crippen molar-refractivity contribution < 1.29 is 14.3 Å². The van der Waals surface area contributed by atoms with Gasteiger partial charge in [0.25, 0.3) is 0 Å². The average Bonchev–Trinajstić information content (AvgIpc) is 3.23. The molecule has 1 aliphatic carbocycles. The topological polar surface area (TPSA) is 49.9 Å². The van der Waals surface area contributed by atoms with E-state index in [0.29, 0.717) is 32.7 Å². The van der Waals surface area contributed by atoms with Gasteiger partial charge >= 0.3 is 0 Å². The first-order valence-electron chi connectivity index (χ1n) is 9.40. The smallest absolute Gasteiger partial charge is 0.242 e. The summed E-state index contributed by atoms with van der Waals surface area (Å²) < 4.78 is 6.00. The normalized spacial score (nSPS) is 25.8. The van der Waals surface area contributed by atoms with Crippen LogP contribution in [0, 0.1) is 0 Å². The summed E-state index contributed by atoms with van der Waals surface area (Å²) in [5.41, 5.74) is 1.07. The number of nitrogens with zero attached hydrogens (tertiary/aromatic N) is 2. The number of amides is 2. The summed E-state index contributed by atoms with van der Waals surface area (Å²) in [5, 5.41) is 0. The van der Waals surface area contributed by atoms with E-state index in [4.69, 9.17) is 4.74 Å². The van der Waals surface area contributed by atoms with E-state index in [1.807, 2.05) is 23.1 Å². The van der Waals surface area contributed by atoms with Gasteiger partial charge in [-0.25, -0.2) is 0 Å². The Hall–Kier alpha value is -1.88. The van der Waals surface area contributed by atoms with E-state index in [2.05, 4.69) is 12.1 Å². The molecule has 1 atom stereocenters. The monoisotopic (exact) mass is 342 g/mol. The molecule has 1 unspecified atom stereocenters. The van der Waals surface area contributed by atoms with Crippen LogP contribution in [0.1, 0.15) is 43.6 Å². The number of hydrogen-bond acceptors (Lipinski definition) is 3. The molecule has 5 nitrogen and oxygen atoms in total. The van der Waals surface area contributed by atoms with Gasteiger partial charge in [-0.2, -0.15) is 0 Å². The van der Waals surface area contributed by atoms with Crippen molar-refractivity contribution in [2.45, 2.75) is 43.6 Å². The molecule has 1 aromatic rings. The van der Waals surface area contributed by atoms with Crippen LogP contribution >= 0.6 is 0 Å². The molecule has 134 valence electrons. The molecular formula is C20H26N2O3. The highest BCUT2D eigenvalue weighted by atomic mass is 16.5. The summed E-state index contributed by atoms with van der Waals surface area (Å²) in [6.07, 6.45) is 4.98. The molecule has 0 bridgehead atoms. The van der Waals surface area contributed by atoms with Crippen LogP contribution in [0.15, 0.2) is 30.3 Å². The lowest BCUT2D eigenvalue weighted by molar-refractivity contribution is -0.152. The zero-order chi connectivity index (χ0) is 17.3. The van der Waals surface area contributed by atoms with Gasteiger partial charge in [-0.3, -0.25) is 9.59 Å². The minimum absolute atomic E-state index is 0.0663. The summed E-state index contributed by atoms with van der Waals surface area (Å²) in [4.78, 5) is 28.8. The Bertz CT molecular complexity index is 640. The van der Waals surface area contributed by atoms with Crippen molar-refractivity contribution in [3.8, 4) is 0 Å². The summed E-state index contributed by atoms with van der Waals surface area (Å²) in [5.74, 6) is 0.357. The molecule has 3 aliphatic rings. The number of hydrogen-bond donors (Lipinski definition) is 0. The van der Waals surface area contributed by atoms with Crippen LogP contribution in [0.3, 0.4) is 0 Å². The Kier molecular flexibility index (Phi) is 4.50. The Morgan fingerprint density at radius 2 is 1.96 bits per heavy atom. The van der Waals surface area contributed by atoms with Gasteiger partial charge in [0.15, 0.2) is 0 Å². The molecule has 4 rings (SSSR count). The fourth-order valence-corrected chi connectivity index (χ4v) is 4.52. The molecule has 3 fully saturated rings. The maximum absolute atomic E-state index is 12.8. The number of carbonyl (C=O) groups is 2. The Morgan fingerprint density at radius 1 is 1.20 bits per heavy atom. The number of benzene rings is 1. The minimum atomic E-state index is -0.116. The van der Waals surface area contributed by atoms with E-state index < -0.39 is 0 Å². The molecule has 25 heavy (non-hydrogen) atoms. The number of morpholine rings is 1. The van der Waals surface area contributed by atoms with Crippen LogP contribution in [-0.4, -0.2) is 60.0 Å². The zero-order valence-electron chi connectivity index (χ0n) is 14.7. The number of likely N-dealkylation sites (tertiary alicyclic amines) is 1. The van der Waals surface area contributed by atoms with Gasteiger partial charge < -0.3 is 14.5 Å². The Balaban J connectivity index is 1.37. The second-order valence-corrected chi connectivity index (χ2v) is 7.64. The van der Waals surface area contributed by atoms with Crippen molar-refractivity contribution in [2.24, 2.45) is 0 Å². The van der Waals surface area contributed by atoms with Crippen molar-refractivity contribution >= 4 is 11.8 Å². The highest BCUT2D eigenvalue weighted by Crippen LogP contribution is 2.36. The highest BCUT2D eigenvalue weighted by molar-refractivity contribution is 5.86. The lowest BCUT2D eigenvalue weighted by Crippen LogP contribution is -2.54. The quantitative estimate of drug-likeness (QED) is 0.846. The maximum Gasteiger partial charge on any atom is 0.242 e. The molecule has 0 radical (unpaired) electrons. The molecule has 0 N–H and O–H groups in total. The third-order valence-corrected chi connectivity index (χ3v) is 5.93. The predicted molar refractivity (Wildman–Crippen MR) is 94.1 cm³/mol. The van der Waals surface area contributed by atoms with Gasteiger partial charge in [0.05, 0.1) is 18.8 Å². The van der Waals surface area contributed by atoms with Crippen molar-refractivity contribution in [1.29, 1.82) is 0 Å². The van der Waals surface area contributed by atoms with Gasteiger partial charge in [0.1, 0.15) is 0 Å². The van der Waals surface area contributed by atoms with Gasteiger partial charge in [-0.1, -0.05) is 43.2 Å². The second kappa shape index (κ2) is 6.79. The molecule has 2 heterocycles. The van der Waals surface area contributed by atoms with Gasteiger partial charge in [-0.05, 0) is 18.4 Å². The minimum Gasteiger partial charge on any atom is -0.371 e. The average molecular weight is 342 g/mol. The molecule has 2 amide bonds. The van der Waals surface area contributed by atoms with Crippen LogP contribution in [0.25, 0.3) is 0 Å². The van der Waals surface area contributed by atoms with Gasteiger partial charge in [0.2, 0.25) is 11.8 Å². The molecule has 2 aliphatic heterocycles. The first kappa shape index (κ1) is 16.6. The lowest BCUT2D eigenvalue weighted by atomic mass is 9.98. The predicted octanol–water partition coefficient (Wildman–Crippen LogP) is 2.17. The van der Waals surface area contributed by atoms with Crippen molar-refractivity contribution in [3.63, 3.8) is 0 Å². The standard InChI is InChI=1S/C20H26N2O3/c23-18-12-17(16-6-2-1-3-7-16)13-22(18)14-19(24)21-10-11-25-20(15-21)8-4-5-9-20/h1-3,6-7,17H,4-5,8-15H2.